The van der Waals surface area contributed by atoms with Crippen molar-refractivity contribution in [2.24, 2.45) is 0 Å². The minimum absolute atomic E-state index is 0.0662. The van der Waals surface area contributed by atoms with Gasteiger partial charge in [-0.2, -0.15) is 0 Å². The molecule has 4 amide bonds. The summed E-state index contributed by atoms with van der Waals surface area (Å²) in [5.41, 5.74) is 10.4. The number of pyridine rings is 2. The number of fused-ring (bicyclic) bond motifs is 2. The lowest BCUT2D eigenvalue weighted by molar-refractivity contribution is -0.130. The Hall–Kier alpha value is -7.92. The maximum atomic E-state index is 12.7. The third kappa shape index (κ3) is 12.2. The number of hydrogen-bond acceptors (Lipinski definition) is 12. The molecule has 4 aromatic carbocycles. The van der Waals surface area contributed by atoms with Gasteiger partial charge in [0.25, 0.3) is 11.8 Å². The molecule has 0 aliphatic carbocycles. The van der Waals surface area contributed by atoms with Gasteiger partial charge >= 0.3 is 0 Å². The summed E-state index contributed by atoms with van der Waals surface area (Å²) >= 11 is 1.43. The van der Waals surface area contributed by atoms with Crippen molar-refractivity contribution in [3.63, 3.8) is 0 Å². The van der Waals surface area contributed by atoms with Crippen molar-refractivity contribution in [3.05, 3.63) is 189 Å². The predicted molar refractivity (Wildman–Crippen MR) is 247 cm³/mol. The number of nitrogens with zero attached hydrogens (tertiary/aromatic N) is 2. The first-order valence-corrected chi connectivity index (χ1v) is 21.6. The maximum absolute atomic E-state index is 12.7. The Balaban J connectivity index is 0.000000196. The Labute approximate surface area is 383 Å². The Morgan fingerprint density at radius 3 is 1.56 bits per heavy atom. The monoisotopic (exact) mass is 906 g/mol. The standard InChI is InChI=1S/C25H23N3O5.C25H23N3O4S/c1-16-12-19(21-4-2-3-5-22(21)26-16)15-33-20-8-6-17(7-9-20)25(30)27-23(13-24(29)28-31)18-10-11-32-14-18;1-16-13-18(20-5-2-3-6-21(20)26-16)15-32-19-10-8-17(9-11-19)25(30)27-22(14-24(29)28-31)23-7-4-12-33-23/h2-12,14,23,31H,13,15H2,1H3,(H,27,30)(H,28,29);2-13,22,31H,14-15H2,1H3,(H,27,30)(H,28,29). The van der Waals surface area contributed by atoms with Crippen molar-refractivity contribution in [1.29, 1.82) is 0 Å². The van der Waals surface area contributed by atoms with Gasteiger partial charge in [0, 0.05) is 54.9 Å². The zero-order chi connectivity index (χ0) is 46.4. The van der Waals surface area contributed by atoms with Crippen LogP contribution in [0, 0.1) is 13.8 Å². The summed E-state index contributed by atoms with van der Waals surface area (Å²) in [5, 5.41) is 27.3. The van der Waals surface area contributed by atoms with Gasteiger partial charge < -0.3 is 24.5 Å². The van der Waals surface area contributed by atoms with Crippen LogP contribution in [-0.2, 0) is 22.8 Å². The summed E-state index contributed by atoms with van der Waals surface area (Å²) in [4.78, 5) is 58.6. The van der Waals surface area contributed by atoms with E-state index in [1.165, 1.54) is 23.9 Å². The lowest BCUT2D eigenvalue weighted by Gasteiger charge is -2.17. The van der Waals surface area contributed by atoms with Gasteiger partial charge in [-0.3, -0.25) is 39.6 Å². The molecule has 8 rings (SSSR count). The van der Waals surface area contributed by atoms with Crippen molar-refractivity contribution in [3.8, 4) is 11.5 Å². The largest absolute Gasteiger partial charge is 0.489 e. The number of aromatic nitrogens is 2. The minimum atomic E-state index is -0.650. The van der Waals surface area contributed by atoms with Gasteiger partial charge in [-0.25, -0.2) is 11.0 Å². The van der Waals surface area contributed by atoms with E-state index in [-0.39, 0.29) is 24.7 Å². The molecule has 2 atom stereocenters. The average molecular weight is 907 g/mol. The van der Waals surface area contributed by atoms with Crippen LogP contribution in [0.2, 0.25) is 0 Å². The smallest absolute Gasteiger partial charge is 0.251 e. The van der Waals surface area contributed by atoms with Crippen LogP contribution >= 0.6 is 11.3 Å². The fourth-order valence-electron chi connectivity index (χ4n) is 7.14. The fourth-order valence-corrected chi connectivity index (χ4v) is 7.92. The average Bonchev–Trinajstić information content (AvgIpc) is 4.09. The van der Waals surface area contributed by atoms with E-state index in [2.05, 4.69) is 20.6 Å². The zero-order valence-electron chi connectivity index (χ0n) is 35.9. The summed E-state index contributed by atoms with van der Waals surface area (Å²) in [6, 6.07) is 37.6. The van der Waals surface area contributed by atoms with Crippen molar-refractivity contribution < 1.29 is 43.5 Å². The Morgan fingerprint density at radius 2 is 1.11 bits per heavy atom. The number of furan rings is 1. The van der Waals surface area contributed by atoms with Gasteiger partial charge in [0.1, 0.15) is 24.7 Å². The van der Waals surface area contributed by atoms with Gasteiger partial charge in [-0.05, 0) is 104 Å². The molecule has 0 bridgehead atoms. The SMILES string of the molecule is Cc1cc(COc2ccc(C(=O)NC(CC(=O)NO)c3cccs3)cc2)c2ccccc2n1.Cc1cc(COc2ccc(C(=O)NC(CC(=O)NO)c3ccoc3)cc2)c2ccccc2n1. The van der Waals surface area contributed by atoms with Crippen molar-refractivity contribution >= 4 is 56.8 Å². The number of carbonyl (C=O) groups excluding carboxylic acids is 4. The second kappa shape index (κ2) is 22.1. The fraction of sp³-hybridized carbons (Fsp3) is 0.160. The Kier molecular flexibility index (Phi) is 15.4. The van der Waals surface area contributed by atoms with E-state index in [9.17, 15) is 19.2 Å². The van der Waals surface area contributed by atoms with Crippen molar-refractivity contribution in [2.75, 3.05) is 0 Å². The Morgan fingerprint density at radius 1 is 0.621 bits per heavy atom. The Bertz CT molecular complexity index is 2710. The number of nitrogens with one attached hydrogen (secondary N) is 4. The number of hydroxylamine groups is 2. The van der Waals surface area contributed by atoms with E-state index < -0.39 is 23.9 Å². The number of hydrogen-bond donors (Lipinski definition) is 6. The quantitative estimate of drug-likeness (QED) is 0.0399. The van der Waals surface area contributed by atoms with Crippen LogP contribution in [0.4, 0.5) is 0 Å². The van der Waals surface area contributed by atoms with E-state index in [1.807, 2.05) is 92.0 Å². The summed E-state index contributed by atoms with van der Waals surface area (Å²) in [6.45, 7) is 4.65. The lowest BCUT2D eigenvalue weighted by atomic mass is 10.1. The number of thiophene rings is 1. The van der Waals surface area contributed by atoms with Crippen LogP contribution < -0.4 is 31.1 Å². The molecule has 336 valence electrons. The van der Waals surface area contributed by atoms with E-state index in [0.717, 1.165) is 49.2 Å². The molecule has 0 saturated heterocycles. The molecular weight excluding hydrogens is 861 g/mol. The molecular formula is C50H46N6O9S. The number of amides is 4. The molecule has 0 aliphatic rings. The zero-order valence-corrected chi connectivity index (χ0v) is 36.7. The second-order valence-electron chi connectivity index (χ2n) is 15.1. The first-order valence-electron chi connectivity index (χ1n) is 20.8. The van der Waals surface area contributed by atoms with Crippen LogP contribution in [0.25, 0.3) is 21.8 Å². The molecule has 15 nitrogen and oxygen atoms in total. The lowest BCUT2D eigenvalue weighted by Crippen LogP contribution is -2.32. The highest BCUT2D eigenvalue weighted by Crippen LogP contribution is 2.26. The molecule has 8 aromatic rings. The normalized spacial score (nSPS) is 11.7. The van der Waals surface area contributed by atoms with E-state index in [4.69, 9.17) is 24.3 Å². The number of ether oxygens (including phenoxy) is 2. The molecule has 0 spiro atoms. The number of carbonyl (C=O) groups is 4. The molecule has 0 saturated carbocycles. The van der Waals surface area contributed by atoms with Gasteiger partial charge in [0.15, 0.2) is 0 Å². The van der Waals surface area contributed by atoms with Crippen molar-refractivity contribution in [1.82, 2.24) is 31.6 Å². The summed E-state index contributed by atoms with van der Waals surface area (Å²) in [7, 11) is 0. The van der Waals surface area contributed by atoms with E-state index >= 15 is 0 Å². The third-order valence-electron chi connectivity index (χ3n) is 10.4. The number of aryl methyl sites for hydroxylation is 2. The second-order valence-corrected chi connectivity index (χ2v) is 16.1. The highest BCUT2D eigenvalue weighted by atomic mass is 32.1. The van der Waals surface area contributed by atoms with Gasteiger partial charge in [-0.15, -0.1) is 11.3 Å². The van der Waals surface area contributed by atoms with Gasteiger partial charge in [0.2, 0.25) is 11.8 Å². The third-order valence-corrected chi connectivity index (χ3v) is 11.3. The molecule has 0 fully saturated rings. The molecule has 6 N–H and O–H groups in total. The molecule has 4 aromatic heterocycles. The topological polar surface area (TPSA) is 214 Å². The molecule has 66 heavy (non-hydrogen) atoms. The number of benzene rings is 4. The first kappa shape index (κ1) is 46.1. The predicted octanol–water partition coefficient (Wildman–Crippen LogP) is 8.63. The summed E-state index contributed by atoms with van der Waals surface area (Å²) in [5.74, 6) is -0.619. The summed E-state index contributed by atoms with van der Waals surface area (Å²) in [6.07, 6.45) is 2.69. The highest BCUT2D eigenvalue weighted by Gasteiger charge is 2.22. The minimum Gasteiger partial charge on any atom is -0.489 e. The number of para-hydroxylation sites is 2. The van der Waals surface area contributed by atoms with Crippen LogP contribution in [0.15, 0.2) is 150 Å². The highest BCUT2D eigenvalue weighted by molar-refractivity contribution is 7.10. The molecule has 0 radical (unpaired) electrons. The molecule has 4 heterocycles. The molecule has 0 aliphatic heterocycles. The number of rotatable bonds is 16. The molecule has 2 unspecified atom stereocenters. The molecule has 16 heteroatoms. The maximum Gasteiger partial charge on any atom is 0.251 e. The van der Waals surface area contributed by atoms with Crippen LogP contribution in [-0.4, -0.2) is 44.0 Å². The van der Waals surface area contributed by atoms with E-state index in [0.29, 0.717) is 41.4 Å². The van der Waals surface area contributed by atoms with Gasteiger partial charge in [-0.1, -0.05) is 42.5 Å². The van der Waals surface area contributed by atoms with Crippen LogP contribution in [0.3, 0.4) is 0 Å². The van der Waals surface area contributed by atoms with Crippen LogP contribution in [0.5, 0.6) is 11.5 Å². The van der Waals surface area contributed by atoms with E-state index in [1.54, 1.807) is 65.6 Å². The van der Waals surface area contributed by atoms with Crippen LogP contribution in [0.1, 0.15) is 78.6 Å². The van der Waals surface area contributed by atoms with Gasteiger partial charge in [0.05, 0.1) is 48.5 Å². The first-order chi connectivity index (χ1) is 32.1. The van der Waals surface area contributed by atoms with Crippen molar-refractivity contribution in [2.45, 2.75) is 52.0 Å². The summed E-state index contributed by atoms with van der Waals surface area (Å²) < 4.78 is 16.9.